The second-order valence-electron chi connectivity index (χ2n) is 14.3. The van der Waals surface area contributed by atoms with E-state index in [1.54, 1.807) is 0 Å². The Morgan fingerprint density at radius 3 is 1.50 bits per heavy atom. The summed E-state index contributed by atoms with van der Waals surface area (Å²) in [6, 6.07) is 0. The summed E-state index contributed by atoms with van der Waals surface area (Å²) in [6.07, 6.45) is 37.8. The van der Waals surface area contributed by atoms with Crippen molar-refractivity contribution in [1.29, 1.82) is 0 Å². The van der Waals surface area contributed by atoms with Crippen LogP contribution in [0.3, 0.4) is 0 Å². The molecule has 0 aromatic heterocycles. The summed E-state index contributed by atoms with van der Waals surface area (Å²) in [5, 5.41) is 13.0. The molecule has 4 nitrogen and oxygen atoms in total. The lowest BCUT2D eigenvalue weighted by molar-refractivity contribution is -0.870. The molecule has 44 heavy (non-hydrogen) atoms. The molecule has 260 valence electrons. The number of quaternary nitrogens is 1. The van der Waals surface area contributed by atoms with Gasteiger partial charge in [-0.15, -0.1) is 5.48 Å². The minimum absolute atomic E-state index is 0.0243. The highest BCUT2D eigenvalue weighted by atomic mass is 31.1. The van der Waals surface area contributed by atoms with Crippen molar-refractivity contribution in [2.45, 2.75) is 187 Å². The Kier molecular flexibility index (Phi) is 32.0. The average molecular weight is 638 g/mol. The summed E-state index contributed by atoms with van der Waals surface area (Å²) >= 11 is 0. The molecule has 0 aliphatic heterocycles. The molecule has 1 unspecified atom stereocenters. The highest BCUT2D eigenvalue weighted by Crippen LogP contribution is 2.20. The number of likely N-dealkylation sites (N-methyl/N-ethyl adjacent to an activating group) is 1. The topological polar surface area (TPSA) is 49.4 Å². The molecule has 1 atom stereocenters. The molecule has 0 aromatic carbocycles. The van der Waals surface area contributed by atoms with Gasteiger partial charge < -0.3 is 14.1 Å². The number of hydrogen-bond donors (Lipinski definition) is 0. The number of carbonyl (C=O) groups excluding carboxylic acids is 1. The minimum atomic E-state index is -0.477. The first-order valence-electron chi connectivity index (χ1n) is 19.2. The third-order valence-electron chi connectivity index (χ3n) is 8.73. The monoisotopic (exact) mass is 638 g/mol. The molecule has 5 heteroatoms. The maximum absolute atomic E-state index is 13.1. The number of hydrogen-bond acceptors (Lipinski definition) is 3. The third-order valence-corrected chi connectivity index (χ3v) is 9.53. The number of rotatable bonds is 34. The minimum Gasteiger partial charge on any atom is -0.825 e. The van der Waals surface area contributed by atoms with Crippen molar-refractivity contribution in [2.75, 3.05) is 34.3 Å². The predicted octanol–water partition coefficient (Wildman–Crippen LogP) is 11.4. The lowest BCUT2D eigenvalue weighted by atomic mass is 9.93. The van der Waals surface area contributed by atoms with Crippen LogP contribution in [0.25, 0.3) is 0 Å². The first kappa shape index (κ1) is 43.5. The van der Waals surface area contributed by atoms with E-state index in [0.717, 1.165) is 43.1 Å². The lowest BCUT2D eigenvalue weighted by Crippen LogP contribution is -2.37. The van der Waals surface area contributed by atoms with Gasteiger partial charge in [0.2, 0.25) is 0 Å². The summed E-state index contributed by atoms with van der Waals surface area (Å²) in [4.78, 5) is 13.1. The average Bonchev–Trinajstić information content (AvgIpc) is 2.99. The summed E-state index contributed by atoms with van der Waals surface area (Å²) in [7, 11) is 6.72. The second-order valence-corrected chi connectivity index (χ2v) is 15.2. The predicted molar refractivity (Wildman–Crippen MR) is 194 cm³/mol. The molecule has 0 aromatic rings. The van der Waals surface area contributed by atoms with Gasteiger partial charge in [0.15, 0.2) is 0 Å². The number of nitrogens with zero attached hydrogens (tertiary/aromatic N) is 1. The largest absolute Gasteiger partial charge is 0.825 e. The molecule has 0 aliphatic carbocycles. The molecule has 0 rings (SSSR count). The molecule has 0 aliphatic rings. The molecule has 0 saturated carbocycles. The van der Waals surface area contributed by atoms with Gasteiger partial charge in [0.1, 0.15) is 18.9 Å². The van der Waals surface area contributed by atoms with Crippen LogP contribution in [0.2, 0.25) is 0 Å². The smallest absolute Gasteiger partial charge is 0.139 e. The standard InChI is InChI=1S/C39H76NO3P/c1-6-8-10-12-14-16-18-20-22-23-25-27-29-31-33-37(39(42)44-43-36-35-40(3,4)5)38(41)34-32-30-28-26-24-21-19-17-15-13-11-9-7-2/h20,22,37H,6-19,21,23-36H2,1-5H3. The van der Waals surface area contributed by atoms with E-state index in [4.69, 9.17) is 4.52 Å². The van der Waals surface area contributed by atoms with E-state index < -0.39 is 5.92 Å². The van der Waals surface area contributed by atoms with Crippen molar-refractivity contribution in [2.24, 2.45) is 5.92 Å². The zero-order chi connectivity index (χ0) is 32.6. The number of Topliss-reactive ketones (excluding diaryl/α,β-unsaturated/α-hetero) is 1. The van der Waals surface area contributed by atoms with Gasteiger partial charge in [-0.2, -0.15) is 0 Å². The normalized spacial score (nSPS) is 13.3. The fraction of sp³-hybridized carbons (Fsp3) is 0.897. The molecule has 0 radical (unpaired) electrons. The molecule has 0 spiro atoms. The van der Waals surface area contributed by atoms with E-state index in [2.05, 4.69) is 47.1 Å². The van der Waals surface area contributed by atoms with Gasteiger partial charge in [-0.05, 0) is 38.5 Å². The molecular weight excluding hydrogens is 561 g/mol. The van der Waals surface area contributed by atoms with E-state index in [1.165, 1.54) is 128 Å². The van der Waals surface area contributed by atoms with Crippen molar-refractivity contribution in [3.8, 4) is 0 Å². The van der Waals surface area contributed by atoms with Crippen LogP contribution < -0.4 is 5.11 Å². The zero-order valence-corrected chi connectivity index (χ0v) is 31.3. The molecule has 0 N–H and O–H groups in total. The van der Waals surface area contributed by atoms with Gasteiger partial charge in [0.05, 0.1) is 21.1 Å². The molecule has 0 heterocycles. The number of carbonyl (C=O) groups is 1. The van der Waals surface area contributed by atoms with Crippen LogP contribution in [-0.2, 0) is 9.32 Å². The number of unbranched alkanes of at least 4 members (excludes halogenated alkanes) is 22. The maximum Gasteiger partial charge on any atom is 0.139 e. The van der Waals surface area contributed by atoms with Crippen LogP contribution >= 0.6 is 8.43 Å². The van der Waals surface area contributed by atoms with Crippen molar-refractivity contribution in [1.82, 2.24) is 0 Å². The summed E-state index contributed by atoms with van der Waals surface area (Å²) in [5.41, 5.74) is -0.0243. The van der Waals surface area contributed by atoms with E-state index in [9.17, 15) is 9.90 Å². The Balaban J connectivity index is 4.27. The van der Waals surface area contributed by atoms with Crippen LogP contribution in [0, 0.1) is 5.92 Å². The third kappa shape index (κ3) is 31.4. The second kappa shape index (κ2) is 32.4. The summed E-state index contributed by atoms with van der Waals surface area (Å²) in [5.74, 6) is -0.325. The van der Waals surface area contributed by atoms with E-state index in [0.29, 0.717) is 27.9 Å². The molecule has 0 bridgehead atoms. The fourth-order valence-corrected chi connectivity index (χ4v) is 6.34. The highest BCUT2D eigenvalue weighted by molar-refractivity contribution is 7.34. The number of ketones is 1. The Labute approximate surface area is 277 Å². The van der Waals surface area contributed by atoms with Crippen molar-refractivity contribution in [3.63, 3.8) is 0 Å². The van der Waals surface area contributed by atoms with E-state index in [-0.39, 0.29) is 11.3 Å². The molecular formula is C39H76NO3P. The molecule has 0 amide bonds. The van der Waals surface area contributed by atoms with Crippen molar-refractivity contribution in [3.05, 3.63) is 12.2 Å². The SMILES string of the molecule is CCCCCCCCC=CCCCCCCC(C(=O)CCCCCCCCCCCCCCC)C([O-])=POCC[N+](C)(C)C. The molecule has 0 saturated heterocycles. The van der Waals surface area contributed by atoms with Gasteiger partial charge in [0, 0.05) is 20.8 Å². The Hall–Kier alpha value is -0.540. The Morgan fingerprint density at radius 2 is 1.05 bits per heavy atom. The maximum atomic E-state index is 13.1. The van der Waals surface area contributed by atoms with Gasteiger partial charge in [-0.25, -0.2) is 0 Å². The van der Waals surface area contributed by atoms with E-state index in [1.807, 2.05) is 0 Å². The first-order chi connectivity index (χ1) is 21.3. The van der Waals surface area contributed by atoms with Gasteiger partial charge in [-0.3, -0.25) is 4.79 Å². The zero-order valence-electron chi connectivity index (χ0n) is 30.4. The van der Waals surface area contributed by atoms with Crippen LogP contribution in [0.5, 0.6) is 0 Å². The molecule has 0 fully saturated rings. The van der Waals surface area contributed by atoms with Gasteiger partial charge in [-0.1, -0.05) is 154 Å². The highest BCUT2D eigenvalue weighted by Gasteiger charge is 2.17. The van der Waals surface area contributed by atoms with Crippen LogP contribution in [0.1, 0.15) is 187 Å². The van der Waals surface area contributed by atoms with Crippen molar-refractivity contribution < 1.29 is 18.9 Å². The summed E-state index contributed by atoms with van der Waals surface area (Å²) < 4.78 is 6.50. The lowest BCUT2D eigenvalue weighted by Gasteiger charge is -2.25. The van der Waals surface area contributed by atoms with Crippen molar-refractivity contribution >= 4 is 19.7 Å². The van der Waals surface area contributed by atoms with Crippen LogP contribution in [-0.4, -0.2) is 50.0 Å². The van der Waals surface area contributed by atoms with Gasteiger partial charge >= 0.3 is 0 Å². The van der Waals surface area contributed by atoms with Gasteiger partial charge in [0.25, 0.3) is 0 Å². The quantitative estimate of drug-likeness (QED) is 0.0305. The fourth-order valence-electron chi connectivity index (χ4n) is 5.64. The summed E-state index contributed by atoms with van der Waals surface area (Å²) in [6.45, 7) is 5.94. The Morgan fingerprint density at radius 1 is 0.636 bits per heavy atom. The van der Waals surface area contributed by atoms with E-state index >= 15 is 0 Å². The van der Waals surface area contributed by atoms with Crippen LogP contribution in [0.4, 0.5) is 0 Å². The first-order valence-corrected chi connectivity index (χ1v) is 20.0. The number of allylic oxidation sites excluding steroid dienone is 2. The Bertz CT molecular complexity index is 685. The van der Waals surface area contributed by atoms with Crippen LogP contribution in [0.15, 0.2) is 12.2 Å².